The van der Waals surface area contributed by atoms with E-state index in [0.29, 0.717) is 11.0 Å². The number of alkyl halides is 1. The standard InChI is InChI=1S/C19H21Br2ClNO3/c1-23(10-11-25-19(24)26-14-22,12-15-6-2-4-8-17(15)20)13-16-7-3-5-9-18(16)21/h2-9H,10-14H2,1H3/q+1. The molecule has 2 aromatic carbocycles. The first kappa shape index (κ1) is 21.2. The highest BCUT2D eigenvalue weighted by Gasteiger charge is 2.25. The second kappa shape index (κ2) is 10.3. The Morgan fingerprint density at radius 1 is 0.962 bits per heavy atom. The Hall–Kier alpha value is -1.08. The van der Waals surface area contributed by atoms with Gasteiger partial charge >= 0.3 is 6.16 Å². The third-order valence-electron chi connectivity index (χ3n) is 4.04. The molecule has 0 radical (unpaired) electrons. The van der Waals surface area contributed by atoms with Gasteiger partial charge in [-0.05, 0) is 12.1 Å². The third-order valence-corrected chi connectivity index (χ3v) is 5.70. The van der Waals surface area contributed by atoms with Gasteiger partial charge in [0.25, 0.3) is 0 Å². The molecule has 0 aliphatic heterocycles. The maximum absolute atomic E-state index is 11.4. The summed E-state index contributed by atoms with van der Waals surface area (Å²) in [5.41, 5.74) is 2.40. The van der Waals surface area contributed by atoms with Crippen molar-refractivity contribution in [1.29, 1.82) is 0 Å². The number of hydrogen-bond donors (Lipinski definition) is 0. The molecule has 0 saturated carbocycles. The largest absolute Gasteiger partial charge is 0.509 e. The monoisotopic (exact) mass is 504 g/mol. The number of nitrogens with zero attached hydrogens (tertiary/aromatic N) is 1. The topological polar surface area (TPSA) is 35.5 Å². The van der Waals surface area contributed by atoms with Gasteiger partial charge in [0.05, 0.1) is 7.05 Å². The van der Waals surface area contributed by atoms with Gasteiger partial charge in [-0.15, -0.1) is 0 Å². The number of benzene rings is 2. The van der Waals surface area contributed by atoms with Crippen LogP contribution in [0.5, 0.6) is 0 Å². The molecule has 0 spiro atoms. The molecule has 0 unspecified atom stereocenters. The average molecular weight is 507 g/mol. The van der Waals surface area contributed by atoms with Gasteiger partial charge in [-0.25, -0.2) is 4.79 Å². The molecule has 0 amide bonds. The quantitative estimate of drug-likeness (QED) is 0.261. The zero-order valence-electron chi connectivity index (χ0n) is 14.5. The molecule has 0 aliphatic rings. The summed E-state index contributed by atoms with van der Waals surface area (Å²) in [6, 6.07) is 16.1. The minimum absolute atomic E-state index is 0.209. The van der Waals surface area contributed by atoms with E-state index in [1.54, 1.807) is 0 Å². The van der Waals surface area contributed by atoms with Gasteiger partial charge in [0.2, 0.25) is 0 Å². The van der Waals surface area contributed by atoms with Crippen LogP contribution < -0.4 is 0 Å². The molecule has 7 heteroatoms. The fraction of sp³-hybridized carbons (Fsp3) is 0.316. The Morgan fingerprint density at radius 2 is 1.46 bits per heavy atom. The first-order valence-corrected chi connectivity index (χ1v) is 10.2. The number of ether oxygens (including phenoxy) is 2. The molecule has 0 heterocycles. The Bertz CT molecular complexity index is 695. The number of carbonyl (C=O) groups is 1. The summed E-state index contributed by atoms with van der Waals surface area (Å²) in [6.07, 6.45) is -0.742. The molecule has 0 aromatic heterocycles. The molecule has 2 rings (SSSR count). The van der Waals surface area contributed by atoms with Crippen LogP contribution in [0.25, 0.3) is 0 Å². The van der Waals surface area contributed by atoms with Gasteiger partial charge in [-0.1, -0.05) is 79.9 Å². The van der Waals surface area contributed by atoms with Crippen LogP contribution in [-0.4, -0.2) is 36.9 Å². The Labute approximate surface area is 175 Å². The molecule has 0 aliphatic carbocycles. The van der Waals surface area contributed by atoms with E-state index >= 15 is 0 Å². The van der Waals surface area contributed by atoms with Gasteiger partial charge in [0.1, 0.15) is 26.2 Å². The highest BCUT2D eigenvalue weighted by Crippen LogP contribution is 2.25. The lowest BCUT2D eigenvalue weighted by atomic mass is 10.1. The van der Waals surface area contributed by atoms with E-state index in [0.717, 1.165) is 22.0 Å². The first-order valence-electron chi connectivity index (χ1n) is 8.09. The smallest absolute Gasteiger partial charge is 0.428 e. The summed E-state index contributed by atoms with van der Waals surface area (Å²) >= 11 is 12.6. The SMILES string of the molecule is C[N+](CCOC(=O)OCCl)(Cc1ccccc1Br)Cc1ccccc1Br. The van der Waals surface area contributed by atoms with E-state index in [1.165, 1.54) is 11.1 Å². The molecule has 2 aromatic rings. The summed E-state index contributed by atoms with van der Waals surface area (Å²) in [4.78, 5) is 11.4. The number of hydrogen-bond acceptors (Lipinski definition) is 3. The molecule has 0 bridgehead atoms. The molecular weight excluding hydrogens is 485 g/mol. The van der Waals surface area contributed by atoms with Gasteiger partial charge in [-0.3, -0.25) is 0 Å². The van der Waals surface area contributed by atoms with E-state index < -0.39 is 6.16 Å². The Morgan fingerprint density at radius 3 is 1.92 bits per heavy atom. The zero-order chi connectivity index (χ0) is 19.0. The van der Waals surface area contributed by atoms with Crippen molar-refractivity contribution in [1.82, 2.24) is 0 Å². The van der Waals surface area contributed by atoms with Crippen molar-refractivity contribution >= 4 is 49.6 Å². The predicted molar refractivity (Wildman–Crippen MR) is 110 cm³/mol. The summed E-state index contributed by atoms with van der Waals surface area (Å²) in [7, 11) is 2.15. The lowest BCUT2D eigenvalue weighted by molar-refractivity contribution is -0.935. The second-order valence-electron chi connectivity index (χ2n) is 6.19. The Kier molecular flexibility index (Phi) is 8.41. The van der Waals surface area contributed by atoms with E-state index in [1.807, 2.05) is 36.4 Å². The molecule has 0 saturated heterocycles. The van der Waals surface area contributed by atoms with Crippen LogP contribution in [0.15, 0.2) is 57.5 Å². The van der Waals surface area contributed by atoms with E-state index in [9.17, 15) is 4.79 Å². The zero-order valence-corrected chi connectivity index (χ0v) is 18.4. The third kappa shape index (κ3) is 6.58. The number of quaternary nitrogens is 1. The van der Waals surface area contributed by atoms with Crippen LogP contribution in [0, 0.1) is 0 Å². The van der Waals surface area contributed by atoms with E-state index in [4.69, 9.17) is 16.3 Å². The van der Waals surface area contributed by atoms with Gasteiger partial charge in [-0.2, -0.15) is 0 Å². The van der Waals surface area contributed by atoms with Gasteiger partial charge in [0.15, 0.2) is 6.07 Å². The van der Waals surface area contributed by atoms with Crippen molar-refractivity contribution in [2.75, 3.05) is 26.3 Å². The van der Waals surface area contributed by atoms with Crippen molar-refractivity contribution in [3.8, 4) is 0 Å². The van der Waals surface area contributed by atoms with Crippen molar-refractivity contribution in [3.63, 3.8) is 0 Å². The van der Waals surface area contributed by atoms with Crippen LogP contribution in [0.3, 0.4) is 0 Å². The number of likely N-dealkylation sites (N-methyl/N-ethyl adjacent to an activating group) is 1. The van der Waals surface area contributed by atoms with Crippen molar-refractivity contribution in [2.45, 2.75) is 13.1 Å². The van der Waals surface area contributed by atoms with Crippen LogP contribution in [0.1, 0.15) is 11.1 Å². The van der Waals surface area contributed by atoms with Gasteiger partial charge in [0, 0.05) is 20.1 Å². The molecule has 140 valence electrons. The molecule has 4 nitrogen and oxygen atoms in total. The molecule has 26 heavy (non-hydrogen) atoms. The maximum atomic E-state index is 11.4. The highest BCUT2D eigenvalue weighted by molar-refractivity contribution is 9.10. The van der Waals surface area contributed by atoms with Crippen molar-refractivity contribution < 1.29 is 18.8 Å². The second-order valence-corrected chi connectivity index (χ2v) is 8.12. The van der Waals surface area contributed by atoms with Crippen LogP contribution in [0.2, 0.25) is 0 Å². The fourth-order valence-corrected chi connectivity index (χ4v) is 3.63. The molecular formula is C19H21Br2ClNO3+. The van der Waals surface area contributed by atoms with Crippen LogP contribution >= 0.6 is 43.5 Å². The summed E-state index contributed by atoms with van der Waals surface area (Å²) in [5, 5.41) is 0. The lowest BCUT2D eigenvalue weighted by Crippen LogP contribution is -2.45. The number of halogens is 3. The highest BCUT2D eigenvalue weighted by atomic mass is 79.9. The lowest BCUT2D eigenvalue weighted by Gasteiger charge is -2.35. The van der Waals surface area contributed by atoms with Crippen LogP contribution in [0.4, 0.5) is 4.79 Å². The summed E-state index contributed by atoms with van der Waals surface area (Å²) < 4.78 is 12.5. The summed E-state index contributed by atoms with van der Waals surface area (Å²) in [5.74, 6) is 0. The number of carbonyl (C=O) groups excluding carboxylic acids is 1. The number of rotatable bonds is 8. The summed E-state index contributed by atoms with van der Waals surface area (Å²) in [6.45, 7) is 2.47. The van der Waals surface area contributed by atoms with E-state index in [2.05, 4.69) is 55.8 Å². The van der Waals surface area contributed by atoms with Crippen LogP contribution in [-0.2, 0) is 22.6 Å². The van der Waals surface area contributed by atoms with E-state index in [-0.39, 0.29) is 12.7 Å². The van der Waals surface area contributed by atoms with Gasteiger partial charge < -0.3 is 14.0 Å². The average Bonchev–Trinajstić information content (AvgIpc) is 2.59. The molecule has 0 N–H and O–H groups in total. The molecule has 0 atom stereocenters. The minimum Gasteiger partial charge on any atom is -0.428 e. The normalized spacial score (nSPS) is 11.2. The first-order chi connectivity index (χ1) is 12.4. The minimum atomic E-state index is -0.742. The molecule has 0 fully saturated rings. The maximum Gasteiger partial charge on any atom is 0.509 e. The van der Waals surface area contributed by atoms with Crippen molar-refractivity contribution in [3.05, 3.63) is 68.6 Å². The predicted octanol–water partition coefficient (Wildman–Crippen LogP) is 5.71. The fourth-order valence-electron chi connectivity index (χ4n) is 2.73. The van der Waals surface area contributed by atoms with Crippen molar-refractivity contribution in [2.24, 2.45) is 0 Å². The Balaban J connectivity index is 2.15.